The number of carbonyl (C=O) groups excluding carboxylic acids is 1. The van der Waals surface area contributed by atoms with E-state index in [1.54, 1.807) is 12.5 Å². The van der Waals surface area contributed by atoms with Gasteiger partial charge in [0, 0.05) is 32.0 Å². The van der Waals surface area contributed by atoms with E-state index in [2.05, 4.69) is 4.98 Å². The summed E-state index contributed by atoms with van der Waals surface area (Å²) >= 11 is 0. The fourth-order valence-corrected chi connectivity index (χ4v) is 3.79. The number of carbonyl (C=O) groups is 1. The lowest BCUT2D eigenvalue weighted by atomic mass is 9.77. The minimum absolute atomic E-state index is 0.0949. The minimum Gasteiger partial charge on any atom is -0.477 e. The van der Waals surface area contributed by atoms with Gasteiger partial charge < -0.3 is 18.8 Å². The second-order valence-corrected chi connectivity index (χ2v) is 6.79. The van der Waals surface area contributed by atoms with Gasteiger partial charge in [0.2, 0.25) is 11.8 Å². The van der Waals surface area contributed by atoms with E-state index < -0.39 is 0 Å². The molecular weight excluding hydrogens is 320 g/mol. The molecule has 0 saturated carbocycles. The molecule has 4 heterocycles. The number of rotatable bonds is 5. The van der Waals surface area contributed by atoms with Gasteiger partial charge in [-0.1, -0.05) is 6.07 Å². The summed E-state index contributed by atoms with van der Waals surface area (Å²) in [6.07, 6.45) is 5.50. The maximum Gasteiger partial charge on any atom is 0.230 e. The molecule has 2 aromatic rings. The number of amides is 1. The third-order valence-electron chi connectivity index (χ3n) is 5.17. The van der Waals surface area contributed by atoms with E-state index in [-0.39, 0.29) is 17.4 Å². The van der Waals surface area contributed by atoms with Crippen molar-refractivity contribution in [2.45, 2.75) is 25.4 Å². The fraction of sp³-hybridized carbons (Fsp3) is 0.474. The Morgan fingerprint density at radius 3 is 3.12 bits per heavy atom. The topological polar surface area (TPSA) is 64.8 Å². The Kier molecular flexibility index (Phi) is 4.44. The molecule has 2 atom stereocenters. The summed E-state index contributed by atoms with van der Waals surface area (Å²) in [6.45, 7) is 2.61. The molecule has 2 aliphatic heterocycles. The highest BCUT2D eigenvalue weighted by molar-refractivity contribution is 5.78. The summed E-state index contributed by atoms with van der Waals surface area (Å²) in [5.41, 5.74) is -0.158. The zero-order valence-corrected chi connectivity index (χ0v) is 14.1. The molecule has 1 amide bonds. The van der Waals surface area contributed by atoms with Gasteiger partial charge in [0.25, 0.3) is 0 Å². The summed E-state index contributed by atoms with van der Waals surface area (Å²) < 4.78 is 17.2. The summed E-state index contributed by atoms with van der Waals surface area (Å²) in [4.78, 5) is 18.8. The number of pyridine rings is 1. The molecule has 0 aliphatic carbocycles. The molecule has 25 heavy (non-hydrogen) atoms. The lowest BCUT2D eigenvalue weighted by molar-refractivity contribution is -0.137. The number of likely N-dealkylation sites (tertiary alicyclic amines) is 1. The Morgan fingerprint density at radius 2 is 2.32 bits per heavy atom. The number of ether oxygens (including phenoxy) is 2. The van der Waals surface area contributed by atoms with Gasteiger partial charge in [0.1, 0.15) is 5.76 Å². The maximum atomic E-state index is 12.6. The fourth-order valence-electron chi connectivity index (χ4n) is 3.79. The van der Waals surface area contributed by atoms with Crippen LogP contribution in [-0.2, 0) is 16.0 Å². The van der Waals surface area contributed by atoms with Crippen LogP contribution in [0.25, 0.3) is 0 Å². The summed E-state index contributed by atoms with van der Waals surface area (Å²) in [5, 5.41) is 0. The van der Waals surface area contributed by atoms with E-state index in [0.717, 1.165) is 26.0 Å². The van der Waals surface area contributed by atoms with Gasteiger partial charge in [-0.3, -0.25) is 4.79 Å². The summed E-state index contributed by atoms with van der Waals surface area (Å²) in [6, 6.07) is 9.26. The molecule has 2 aliphatic rings. The van der Waals surface area contributed by atoms with Crippen LogP contribution in [0.2, 0.25) is 0 Å². The van der Waals surface area contributed by atoms with Crippen LogP contribution in [0.15, 0.2) is 47.2 Å². The van der Waals surface area contributed by atoms with Crippen LogP contribution in [0.5, 0.6) is 5.88 Å². The van der Waals surface area contributed by atoms with Crippen LogP contribution in [0.4, 0.5) is 0 Å². The monoisotopic (exact) mass is 342 g/mol. The molecule has 0 radical (unpaired) electrons. The lowest BCUT2D eigenvalue weighted by Crippen LogP contribution is -2.54. The first-order valence-electron chi connectivity index (χ1n) is 8.71. The average molecular weight is 342 g/mol. The molecule has 4 rings (SSSR count). The first-order chi connectivity index (χ1) is 12.3. The van der Waals surface area contributed by atoms with Crippen molar-refractivity contribution >= 4 is 5.91 Å². The van der Waals surface area contributed by atoms with Crippen LogP contribution in [0, 0.1) is 5.41 Å². The summed E-state index contributed by atoms with van der Waals surface area (Å²) in [5.74, 6) is 1.41. The molecule has 0 spiro atoms. The number of hydrogen-bond acceptors (Lipinski definition) is 5. The average Bonchev–Trinajstić information content (AvgIpc) is 3.30. The first-order valence-corrected chi connectivity index (χ1v) is 8.71. The summed E-state index contributed by atoms with van der Waals surface area (Å²) in [7, 11) is 0. The Balaban J connectivity index is 1.44. The number of hydrogen-bond donors (Lipinski definition) is 0. The number of furan rings is 1. The molecule has 0 unspecified atom stereocenters. The predicted molar refractivity (Wildman–Crippen MR) is 90.1 cm³/mol. The third-order valence-corrected chi connectivity index (χ3v) is 5.17. The number of nitrogens with zero attached hydrogens (tertiary/aromatic N) is 2. The van der Waals surface area contributed by atoms with E-state index in [0.29, 0.717) is 31.2 Å². The van der Waals surface area contributed by atoms with Crippen molar-refractivity contribution < 1.29 is 18.7 Å². The maximum absolute atomic E-state index is 12.6. The number of aromatic nitrogens is 1. The third kappa shape index (κ3) is 3.39. The number of fused-ring (bicyclic) bond motifs is 1. The molecule has 6 nitrogen and oxygen atoms in total. The van der Waals surface area contributed by atoms with E-state index in [1.807, 2.05) is 35.2 Å². The van der Waals surface area contributed by atoms with Gasteiger partial charge in [-0.25, -0.2) is 4.98 Å². The van der Waals surface area contributed by atoms with E-state index >= 15 is 0 Å². The van der Waals surface area contributed by atoms with E-state index in [1.165, 1.54) is 0 Å². The molecule has 2 aromatic heterocycles. The Hall–Kier alpha value is -2.34. The Bertz CT molecular complexity index is 703. The highest BCUT2D eigenvalue weighted by Crippen LogP contribution is 2.41. The van der Waals surface area contributed by atoms with E-state index in [4.69, 9.17) is 13.9 Å². The van der Waals surface area contributed by atoms with Gasteiger partial charge in [-0.2, -0.15) is 0 Å². The van der Waals surface area contributed by atoms with Crippen molar-refractivity contribution in [2.75, 3.05) is 26.3 Å². The molecule has 132 valence electrons. The zero-order chi connectivity index (χ0) is 17.1. The van der Waals surface area contributed by atoms with Gasteiger partial charge in [-0.15, -0.1) is 0 Å². The van der Waals surface area contributed by atoms with Crippen molar-refractivity contribution in [1.29, 1.82) is 0 Å². The smallest absolute Gasteiger partial charge is 0.230 e. The molecule has 6 heteroatoms. The molecule has 0 bridgehead atoms. The first kappa shape index (κ1) is 16.1. The minimum atomic E-state index is -0.158. The lowest BCUT2D eigenvalue weighted by Gasteiger charge is -2.43. The zero-order valence-electron chi connectivity index (χ0n) is 14.1. The molecule has 0 N–H and O–H groups in total. The SMILES string of the molecule is O=C(Cc1ccco1)N1CC[C@@H]2OCC[C@]2(COc2ccccn2)C1. The van der Waals surface area contributed by atoms with Gasteiger partial charge in [0.05, 0.1) is 30.8 Å². The predicted octanol–water partition coefficient (Wildman–Crippen LogP) is 2.30. The van der Waals surface area contributed by atoms with Crippen LogP contribution in [0.3, 0.4) is 0 Å². The van der Waals surface area contributed by atoms with E-state index in [9.17, 15) is 4.79 Å². The largest absolute Gasteiger partial charge is 0.477 e. The normalized spacial score (nSPS) is 25.6. The highest BCUT2D eigenvalue weighted by atomic mass is 16.5. The van der Waals surface area contributed by atoms with Crippen molar-refractivity contribution in [1.82, 2.24) is 9.88 Å². The van der Waals surface area contributed by atoms with Gasteiger partial charge >= 0.3 is 0 Å². The van der Waals surface area contributed by atoms with Crippen LogP contribution in [0.1, 0.15) is 18.6 Å². The highest BCUT2D eigenvalue weighted by Gasteiger charge is 2.49. The molecule has 2 saturated heterocycles. The van der Waals surface area contributed by atoms with Crippen molar-refractivity contribution in [3.8, 4) is 5.88 Å². The molecular formula is C19H22N2O4. The second-order valence-electron chi connectivity index (χ2n) is 6.79. The Labute approximate surface area is 146 Å². The molecule has 0 aromatic carbocycles. The standard InChI is InChI=1S/C19H22N2O4/c22-18(12-15-4-3-10-23-15)21-9-6-16-19(13-21,7-11-24-16)14-25-17-5-1-2-8-20-17/h1-5,8,10,16H,6-7,9,11-14H2/t16-,19+/m0/s1. The Morgan fingerprint density at radius 1 is 1.36 bits per heavy atom. The van der Waals surface area contributed by atoms with Crippen molar-refractivity contribution in [3.05, 3.63) is 48.6 Å². The van der Waals surface area contributed by atoms with Crippen LogP contribution < -0.4 is 4.74 Å². The van der Waals surface area contributed by atoms with Crippen LogP contribution in [-0.4, -0.2) is 48.2 Å². The van der Waals surface area contributed by atoms with Gasteiger partial charge in [-0.05, 0) is 31.0 Å². The van der Waals surface area contributed by atoms with Crippen molar-refractivity contribution in [2.24, 2.45) is 5.41 Å². The number of piperidine rings is 1. The second kappa shape index (κ2) is 6.88. The van der Waals surface area contributed by atoms with Crippen molar-refractivity contribution in [3.63, 3.8) is 0 Å². The van der Waals surface area contributed by atoms with Gasteiger partial charge in [0.15, 0.2) is 0 Å². The quantitative estimate of drug-likeness (QED) is 0.834. The molecule has 2 fully saturated rings. The van der Waals surface area contributed by atoms with Crippen LogP contribution >= 0.6 is 0 Å².